The molecular formula is C16H19N3O4S. The van der Waals surface area contributed by atoms with E-state index in [1.54, 1.807) is 6.92 Å². The molecule has 128 valence electrons. The highest BCUT2D eigenvalue weighted by Crippen LogP contribution is 2.21. The average Bonchev–Trinajstić information content (AvgIpc) is 3.25. The Morgan fingerprint density at radius 2 is 1.92 bits per heavy atom. The van der Waals surface area contributed by atoms with Crippen molar-refractivity contribution >= 4 is 15.9 Å². The molecule has 0 atom stereocenters. The zero-order chi connectivity index (χ0) is 17.2. The highest BCUT2D eigenvalue weighted by Gasteiger charge is 2.27. The Morgan fingerprint density at radius 3 is 2.50 bits per heavy atom. The van der Waals surface area contributed by atoms with Crippen molar-refractivity contribution in [2.24, 2.45) is 0 Å². The first-order chi connectivity index (χ1) is 11.5. The first kappa shape index (κ1) is 16.7. The van der Waals surface area contributed by atoms with Gasteiger partial charge in [-0.05, 0) is 44.0 Å². The summed E-state index contributed by atoms with van der Waals surface area (Å²) in [4.78, 5) is 16.3. The van der Waals surface area contributed by atoms with Crippen molar-refractivity contribution < 1.29 is 17.6 Å². The fraction of sp³-hybridized carbons (Fsp3) is 0.375. The number of hydrogen-bond donors (Lipinski definition) is 1. The van der Waals surface area contributed by atoms with Gasteiger partial charge in [0.1, 0.15) is 5.76 Å². The molecule has 0 aliphatic carbocycles. The number of sulfonamides is 1. The second-order valence-electron chi connectivity index (χ2n) is 5.68. The Hall–Kier alpha value is -2.19. The summed E-state index contributed by atoms with van der Waals surface area (Å²) >= 11 is 0. The Morgan fingerprint density at radius 1 is 1.25 bits per heavy atom. The van der Waals surface area contributed by atoms with Crippen LogP contribution in [0.2, 0.25) is 0 Å². The average molecular weight is 349 g/mol. The van der Waals surface area contributed by atoms with Gasteiger partial charge in [0.15, 0.2) is 6.39 Å². The van der Waals surface area contributed by atoms with E-state index in [9.17, 15) is 13.2 Å². The van der Waals surface area contributed by atoms with Crippen LogP contribution in [-0.4, -0.2) is 36.7 Å². The zero-order valence-corrected chi connectivity index (χ0v) is 14.2. The SMILES string of the molecule is Cc1ncoc1CNC(=O)c1ccc(S(=O)(=O)N2CCCC2)cc1. The Balaban J connectivity index is 1.67. The Kier molecular flexibility index (Phi) is 4.68. The van der Waals surface area contributed by atoms with Gasteiger partial charge in [-0.1, -0.05) is 0 Å². The molecule has 1 amide bonds. The number of carbonyl (C=O) groups excluding carboxylic acids is 1. The third-order valence-corrected chi connectivity index (χ3v) is 5.99. The van der Waals surface area contributed by atoms with E-state index in [-0.39, 0.29) is 17.3 Å². The van der Waals surface area contributed by atoms with Gasteiger partial charge in [-0.15, -0.1) is 0 Å². The molecule has 1 aliphatic rings. The smallest absolute Gasteiger partial charge is 0.251 e. The summed E-state index contributed by atoms with van der Waals surface area (Å²) in [5.41, 5.74) is 1.12. The van der Waals surface area contributed by atoms with E-state index >= 15 is 0 Å². The molecule has 1 aliphatic heterocycles. The number of hydrogen-bond acceptors (Lipinski definition) is 5. The Labute approximate surface area is 140 Å². The molecule has 1 aromatic carbocycles. The molecule has 8 heteroatoms. The number of oxazole rings is 1. The van der Waals surface area contributed by atoms with Gasteiger partial charge in [-0.3, -0.25) is 4.79 Å². The maximum Gasteiger partial charge on any atom is 0.251 e. The maximum absolute atomic E-state index is 12.4. The molecule has 0 spiro atoms. The van der Waals surface area contributed by atoms with Crippen molar-refractivity contribution in [3.05, 3.63) is 47.7 Å². The maximum atomic E-state index is 12.4. The van der Waals surface area contributed by atoms with E-state index in [1.807, 2.05) is 0 Å². The van der Waals surface area contributed by atoms with E-state index in [1.165, 1.54) is 35.0 Å². The first-order valence-corrected chi connectivity index (χ1v) is 9.20. The minimum absolute atomic E-state index is 0.215. The number of rotatable bonds is 5. The van der Waals surface area contributed by atoms with Crippen LogP contribution in [0.25, 0.3) is 0 Å². The summed E-state index contributed by atoms with van der Waals surface area (Å²) in [6, 6.07) is 5.99. The topological polar surface area (TPSA) is 92.5 Å². The highest BCUT2D eigenvalue weighted by molar-refractivity contribution is 7.89. The van der Waals surface area contributed by atoms with Gasteiger partial charge in [0.25, 0.3) is 5.91 Å². The molecule has 2 aromatic rings. The largest absolute Gasteiger partial charge is 0.446 e. The lowest BCUT2D eigenvalue weighted by molar-refractivity contribution is 0.0948. The zero-order valence-electron chi connectivity index (χ0n) is 13.4. The number of nitrogens with zero attached hydrogens (tertiary/aromatic N) is 2. The molecule has 7 nitrogen and oxygen atoms in total. The fourth-order valence-electron chi connectivity index (χ4n) is 2.61. The molecule has 3 rings (SSSR count). The van der Waals surface area contributed by atoms with Gasteiger partial charge in [0.05, 0.1) is 17.1 Å². The van der Waals surface area contributed by atoms with Gasteiger partial charge in [0, 0.05) is 18.7 Å². The van der Waals surface area contributed by atoms with Crippen LogP contribution in [-0.2, 0) is 16.6 Å². The number of carbonyl (C=O) groups is 1. The van der Waals surface area contributed by atoms with Crippen molar-refractivity contribution in [2.75, 3.05) is 13.1 Å². The lowest BCUT2D eigenvalue weighted by Crippen LogP contribution is -2.28. The van der Waals surface area contributed by atoms with Crippen molar-refractivity contribution in [2.45, 2.75) is 31.2 Å². The van der Waals surface area contributed by atoms with Crippen molar-refractivity contribution in [1.82, 2.24) is 14.6 Å². The molecule has 0 radical (unpaired) electrons. The second-order valence-corrected chi connectivity index (χ2v) is 7.62. The van der Waals surface area contributed by atoms with E-state index in [0.717, 1.165) is 18.5 Å². The van der Waals surface area contributed by atoms with E-state index in [2.05, 4.69) is 10.3 Å². The third kappa shape index (κ3) is 3.34. The van der Waals surface area contributed by atoms with Gasteiger partial charge in [-0.2, -0.15) is 4.31 Å². The number of aryl methyl sites for hydroxylation is 1. The molecule has 1 N–H and O–H groups in total. The van der Waals surface area contributed by atoms with Crippen LogP contribution in [0, 0.1) is 6.92 Å². The van der Waals surface area contributed by atoms with Crippen molar-refractivity contribution in [3.63, 3.8) is 0 Å². The van der Waals surface area contributed by atoms with Crippen LogP contribution >= 0.6 is 0 Å². The van der Waals surface area contributed by atoms with Crippen LogP contribution in [0.5, 0.6) is 0 Å². The fourth-order valence-corrected chi connectivity index (χ4v) is 4.13. The number of aromatic nitrogens is 1. The first-order valence-electron chi connectivity index (χ1n) is 7.76. The van der Waals surface area contributed by atoms with Gasteiger partial charge in [0.2, 0.25) is 10.0 Å². The normalized spacial score (nSPS) is 15.5. The van der Waals surface area contributed by atoms with Gasteiger partial charge in [-0.25, -0.2) is 13.4 Å². The van der Waals surface area contributed by atoms with Crippen LogP contribution in [0.4, 0.5) is 0 Å². The summed E-state index contributed by atoms with van der Waals surface area (Å²) < 4.78 is 31.5. The molecule has 0 unspecified atom stereocenters. The molecule has 2 heterocycles. The summed E-state index contributed by atoms with van der Waals surface area (Å²) in [6.45, 7) is 3.14. The molecule has 24 heavy (non-hydrogen) atoms. The molecule has 1 fully saturated rings. The van der Waals surface area contributed by atoms with Crippen LogP contribution < -0.4 is 5.32 Å². The van der Waals surface area contributed by atoms with Crippen LogP contribution in [0.3, 0.4) is 0 Å². The van der Waals surface area contributed by atoms with Crippen molar-refractivity contribution in [3.8, 4) is 0 Å². The van der Waals surface area contributed by atoms with Crippen molar-refractivity contribution in [1.29, 1.82) is 0 Å². The highest BCUT2D eigenvalue weighted by atomic mass is 32.2. The number of nitrogens with one attached hydrogen (secondary N) is 1. The predicted molar refractivity (Wildman–Crippen MR) is 86.8 cm³/mol. The predicted octanol–water partition coefficient (Wildman–Crippen LogP) is 1.70. The molecular weight excluding hydrogens is 330 g/mol. The molecule has 1 aromatic heterocycles. The minimum atomic E-state index is -3.46. The minimum Gasteiger partial charge on any atom is -0.446 e. The standard InChI is InChI=1S/C16H19N3O4S/c1-12-15(23-11-18-12)10-17-16(20)13-4-6-14(7-5-13)24(21,22)19-8-2-3-9-19/h4-7,11H,2-3,8-10H2,1H3,(H,17,20). The summed E-state index contributed by atoms with van der Waals surface area (Å²) in [5, 5.41) is 2.72. The lowest BCUT2D eigenvalue weighted by atomic mass is 10.2. The summed E-state index contributed by atoms with van der Waals surface area (Å²) in [7, 11) is -3.46. The Bertz CT molecular complexity index is 821. The van der Waals surface area contributed by atoms with E-state index < -0.39 is 10.0 Å². The van der Waals surface area contributed by atoms with Gasteiger partial charge >= 0.3 is 0 Å². The van der Waals surface area contributed by atoms with E-state index in [0.29, 0.717) is 24.4 Å². The van der Waals surface area contributed by atoms with Crippen LogP contribution in [0.1, 0.15) is 34.7 Å². The summed E-state index contributed by atoms with van der Waals surface area (Å²) in [6.07, 6.45) is 3.11. The van der Waals surface area contributed by atoms with Gasteiger partial charge < -0.3 is 9.73 Å². The molecule has 1 saturated heterocycles. The number of amides is 1. The molecule has 0 saturated carbocycles. The monoisotopic (exact) mass is 349 g/mol. The summed E-state index contributed by atoms with van der Waals surface area (Å²) in [5.74, 6) is 0.299. The lowest BCUT2D eigenvalue weighted by Gasteiger charge is -2.15. The molecule has 0 bridgehead atoms. The quantitative estimate of drug-likeness (QED) is 0.887. The van der Waals surface area contributed by atoms with E-state index in [4.69, 9.17) is 4.42 Å². The number of benzene rings is 1. The third-order valence-electron chi connectivity index (χ3n) is 4.07. The second kappa shape index (κ2) is 6.74. The van der Waals surface area contributed by atoms with Crippen LogP contribution in [0.15, 0.2) is 40.0 Å².